The smallest absolute Gasteiger partial charge is 0.229 e. The van der Waals surface area contributed by atoms with Crippen molar-refractivity contribution in [3.05, 3.63) is 30.0 Å². The van der Waals surface area contributed by atoms with Gasteiger partial charge in [0.1, 0.15) is 11.5 Å². The molecule has 1 atom stereocenters. The van der Waals surface area contributed by atoms with E-state index in [1.54, 1.807) is 27.2 Å². The number of aryl methyl sites for hydroxylation is 1. The minimum atomic E-state index is -0.0485. The predicted molar refractivity (Wildman–Crippen MR) is 88.2 cm³/mol. The molecular weight excluding hydrogens is 330 g/mol. The molecule has 3 aromatic rings. The van der Waals surface area contributed by atoms with Gasteiger partial charge in [-0.1, -0.05) is 11.8 Å². The van der Waals surface area contributed by atoms with Crippen molar-refractivity contribution >= 4 is 11.8 Å². The fraction of sp³-hybridized carbons (Fsp3) is 0.333. The summed E-state index contributed by atoms with van der Waals surface area (Å²) in [7, 11) is 3.21. The van der Waals surface area contributed by atoms with Gasteiger partial charge in [-0.2, -0.15) is 0 Å². The van der Waals surface area contributed by atoms with Gasteiger partial charge in [-0.15, -0.1) is 15.3 Å². The highest BCUT2D eigenvalue weighted by molar-refractivity contribution is 7.99. The second-order valence-electron chi connectivity index (χ2n) is 4.95. The van der Waals surface area contributed by atoms with E-state index in [1.807, 2.05) is 19.1 Å². The van der Waals surface area contributed by atoms with Crippen molar-refractivity contribution in [3.63, 3.8) is 0 Å². The average molecular weight is 347 g/mol. The van der Waals surface area contributed by atoms with Crippen LogP contribution in [-0.4, -0.2) is 39.6 Å². The number of ether oxygens (including phenoxy) is 2. The van der Waals surface area contributed by atoms with Gasteiger partial charge in [0.2, 0.25) is 16.9 Å². The average Bonchev–Trinajstić information content (AvgIpc) is 3.23. The van der Waals surface area contributed by atoms with Crippen LogP contribution in [0.15, 0.2) is 27.8 Å². The molecule has 0 fully saturated rings. The van der Waals surface area contributed by atoms with Crippen LogP contribution < -0.4 is 9.47 Å². The lowest BCUT2D eigenvalue weighted by Gasteiger charge is -2.07. The Kier molecular flexibility index (Phi) is 4.70. The quantitative estimate of drug-likeness (QED) is 0.679. The van der Waals surface area contributed by atoms with Crippen LogP contribution in [0.1, 0.15) is 24.0 Å². The van der Waals surface area contributed by atoms with E-state index in [0.717, 1.165) is 5.56 Å². The SMILES string of the molecule is COc1ccc(-c2nc(S[C@@H](C)c3nnc(C)o3)n[nH]2)c(OC)c1. The van der Waals surface area contributed by atoms with Crippen molar-refractivity contribution in [1.29, 1.82) is 0 Å². The van der Waals surface area contributed by atoms with Crippen LogP contribution in [0.3, 0.4) is 0 Å². The van der Waals surface area contributed by atoms with Crippen LogP contribution in [0, 0.1) is 6.92 Å². The monoisotopic (exact) mass is 347 g/mol. The molecule has 8 nitrogen and oxygen atoms in total. The van der Waals surface area contributed by atoms with Crippen molar-refractivity contribution in [2.45, 2.75) is 24.3 Å². The van der Waals surface area contributed by atoms with Gasteiger partial charge in [-0.05, 0) is 19.1 Å². The number of hydrogen-bond acceptors (Lipinski definition) is 8. The summed E-state index contributed by atoms with van der Waals surface area (Å²) < 4.78 is 16.0. The lowest BCUT2D eigenvalue weighted by molar-refractivity contribution is 0.395. The first-order valence-corrected chi connectivity index (χ1v) is 8.10. The third kappa shape index (κ3) is 3.35. The van der Waals surface area contributed by atoms with Crippen LogP contribution in [0.4, 0.5) is 0 Å². The van der Waals surface area contributed by atoms with Crippen LogP contribution in [0.25, 0.3) is 11.4 Å². The largest absolute Gasteiger partial charge is 0.497 e. The van der Waals surface area contributed by atoms with Crippen molar-refractivity contribution in [1.82, 2.24) is 25.4 Å². The van der Waals surface area contributed by atoms with Crippen LogP contribution in [0.2, 0.25) is 0 Å². The summed E-state index contributed by atoms with van der Waals surface area (Å²) in [5.74, 6) is 3.07. The summed E-state index contributed by atoms with van der Waals surface area (Å²) in [5.41, 5.74) is 0.805. The fourth-order valence-corrected chi connectivity index (χ4v) is 2.85. The van der Waals surface area contributed by atoms with Gasteiger partial charge in [-0.3, -0.25) is 5.10 Å². The number of H-pyrrole nitrogens is 1. The van der Waals surface area contributed by atoms with Crippen molar-refractivity contribution in [2.24, 2.45) is 0 Å². The first-order chi connectivity index (χ1) is 11.6. The van der Waals surface area contributed by atoms with Crippen molar-refractivity contribution in [3.8, 4) is 22.9 Å². The molecule has 0 saturated carbocycles. The zero-order valence-electron chi connectivity index (χ0n) is 13.7. The second-order valence-corrected chi connectivity index (χ2v) is 6.26. The number of aromatic amines is 1. The summed E-state index contributed by atoms with van der Waals surface area (Å²) in [6.45, 7) is 3.72. The number of nitrogens with zero attached hydrogens (tertiary/aromatic N) is 4. The Hall–Kier alpha value is -2.55. The normalized spacial score (nSPS) is 12.2. The first-order valence-electron chi connectivity index (χ1n) is 7.22. The first kappa shape index (κ1) is 16.3. The number of methoxy groups -OCH3 is 2. The van der Waals surface area contributed by atoms with Gasteiger partial charge < -0.3 is 13.9 Å². The Bertz CT molecular complexity index is 832. The molecule has 0 spiro atoms. The Balaban J connectivity index is 1.80. The van der Waals surface area contributed by atoms with Gasteiger partial charge in [0, 0.05) is 13.0 Å². The molecule has 0 unspecified atom stereocenters. The van der Waals surface area contributed by atoms with E-state index in [2.05, 4.69) is 25.4 Å². The van der Waals surface area contributed by atoms with E-state index in [1.165, 1.54) is 11.8 Å². The second kappa shape index (κ2) is 6.91. The molecule has 2 aromatic heterocycles. The Morgan fingerprint density at radius 1 is 1.21 bits per heavy atom. The highest BCUT2D eigenvalue weighted by atomic mass is 32.2. The number of benzene rings is 1. The summed E-state index contributed by atoms with van der Waals surface area (Å²) in [4.78, 5) is 4.50. The highest BCUT2D eigenvalue weighted by Crippen LogP contribution is 2.35. The maximum absolute atomic E-state index is 5.43. The number of nitrogens with one attached hydrogen (secondary N) is 1. The van der Waals surface area contributed by atoms with Crippen molar-refractivity contribution < 1.29 is 13.9 Å². The van der Waals surface area contributed by atoms with Gasteiger partial charge in [0.05, 0.1) is 25.0 Å². The lowest BCUT2D eigenvalue weighted by Crippen LogP contribution is -1.92. The molecule has 0 aliphatic heterocycles. The minimum absolute atomic E-state index is 0.0485. The summed E-state index contributed by atoms with van der Waals surface area (Å²) in [6, 6.07) is 5.52. The molecule has 1 aromatic carbocycles. The molecule has 24 heavy (non-hydrogen) atoms. The van der Waals surface area contributed by atoms with Gasteiger partial charge in [0.25, 0.3) is 0 Å². The van der Waals surface area contributed by atoms with Crippen LogP contribution in [-0.2, 0) is 0 Å². The predicted octanol–water partition coefficient (Wildman–Crippen LogP) is 3.03. The molecule has 0 amide bonds. The van der Waals surface area contributed by atoms with E-state index in [4.69, 9.17) is 13.9 Å². The van der Waals surface area contributed by atoms with Crippen LogP contribution in [0.5, 0.6) is 11.5 Å². The molecule has 2 heterocycles. The molecular formula is C15H17N5O3S. The van der Waals surface area contributed by atoms with Crippen molar-refractivity contribution in [2.75, 3.05) is 14.2 Å². The Morgan fingerprint density at radius 2 is 2.04 bits per heavy atom. The van der Waals surface area contributed by atoms with E-state index < -0.39 is 0 Å². The Labute approximate surface area is 143 Å². The minimum Gasteiger partial charge on any atom is -0.497 e. The summed E-state index contributed by atoms with van der Waals surface area (Å²) in [5, 5.41) is 15.6. The van der Waals surface area contributed by atoms with E-state index >= 15 is 0 Å². The fourth-order valence-electron chi connectivity index (χ4n) is 2.10. The zero-order valence-corrected chi connectivity index (χ0v) is 14.5. The molecule has 0 saturated heterocycles. The third-order valence-corrected chi connectivity index (χ3v) is 4.25. The third-order valence-electron chi connectivity index (χ3n) is 3.30. The number of rotatable bonds is 6. The van der Waals surface area contributed by atoms with E-state index in [-0.39, 0.29) is 5.25 Å². The van der Waals surface area contributed by atoms with Gasteiger partial charge >= 0.3 is 0 Å². The summed E-state index contributed by atoms with van der Waals surface area (Å²) in [6.07, 6.45) is 0. The molecule has 126 valence electrons. The number of aromatic nitrogens is 5. The standard InChI is InChI=1S/C15H17N5O3S/c1-8(14-19-17-9(2)23-14)24-15-16-13(18-20-15)11-6-5-10(21-3)7-12(11)22-4/h5-8H,1-4H3,(H,16,18,20)/t8-/m0/s1. The summed E-state index contributed by atoms with van der Waals surface area (Å²) >= 11 is 1.43. The Morgan fingerprint density at radius 3 is 2.71 bits per heavy atom. The molecule has 9 heteroatoms. The number of thioether (sulfide) groups is 1. The topological polar surface area (TPSA) is 99.0 Å². The maximum atomic E-state index is 5.43. The maximum Gasteiger partial charge on any atom is 0.229 e. The molecule has 3 rings (SSSR count). The zero-order chi connectivity index (χ0) is 17.1. The van der Waals surface area contributed by atoms with Crippen LogP contribution >= 0.6 is 11.8 Å². The highest BCUT2D eigenvalue weighted by Gasteiger charge is 2.18. The van der Waals surface area contributed by atoms with E-state index in [9.17, 15) is 0 Å². The van der Waals surface area contributed by atoms with E-state index in [0.29, 0.717) is 34.3 Å². The molecule has 0 aliphatic carbocycles. The number of hydrogen-bond donors (Lipinski definition) is 1. The molecule has 0 aliphatic rings. The molecule has 0 bridgehead atoms. The van der Waals surface area contributed by atoms with Gasteiger partial charge in [-0.25, -0.2) is 4.98 Å². The molecule has 0 radical (unpaired) electrons. The lowest BCUT2D eigenvalue weighted by atomic mass is 10.2. The van der Waals surface area contributed by atoms with Gasteiger partial charge in [0.15, 0.2) is 5.82 Å². The molecule has 1 N–H and O–H groups in total.